The molecule has 2 heterocycles. The van der Waals surface area contributed by atoms with Crippen LogP contribution in [0, 0.1) is 5.41 Å². The fourth-order valence-electron chi connectivity index (χ4n) is 1.39. The van der Waals surface area contributed by atoms with Crippen molar-refractivity contribution in [3.05, 3.63) is 45.4 Å². The fraction of sp³-hybridized carbons (Fsp3) is 0.200. The summed E-state index contributed by atoms with van der Waals surface area (Å²) in [7, 11) is 0. The third-order valence-corrected chi connectivity index (χ3v) is 3.12. The van der Waals surface area contributed by atoms with Gasteiger partial charge < -0.3 is 4.57 Å². The van der Waals surface area contributed by atoms with Crippen LogP contribution in [0.5, 0.6) is 0 Å². The van der Waals surface area contributed by atoms with Crippen LogP contribution in [-0.4, -0.2) is 9.55 Å². The van der Waals surface area contributed by atoms with Gasteiger partial charge in [0.2, 0.25) is 0 Å². The normalized spacial score (nSPS) is 12.7. The summed E-state index contributed by atoms with van der Waals surface area (Å²) < 4.78 is 1.86. The highest BCUT2D eigenvalue weighted by Gasteiger charge is 2.09. The van der Waals surface area contributed by atoms with Crippen LogP contribution >= 0.6 is 22.9 Å². The topological polar surface area (TPSA) is 41.7 Å². The molecule has 0 spiro atoms. The third kappa shape index (κ3) is 2.11. The Morgan fingerprint density at radius 1 is 1.53 bits per heavy atom. The van der Waals surface area contributed by atoms with Gasteiger partial charge in [0, 0.05) is 11.6 Å². The lowest BCUT2D eigenvalue weighted by molar-refractivity contribution is 0.600. The maximum Gasteiger partial charge on any atom is 0.182 e. The molecule has 0 aliphatic rings. The van der Waals surface area contributed by atoms with Crippen LogP contribution in [0.2, 0.25) is 5.15 Å². The minimum absolute atomic E-state index is 0.0439. The minimum atomic E-state index is 0.0439. The van der Waals surface area contributed by atoms with Crippen molar-refractivity contribution in [1.29, 1.82) is 5.41 Å². The summed E-state index contributed by atoms with van der Waals surface area (Å²) in [5, 5.41) is 10.1. The molecule has 2 aromatic heterocycles. The lowest BCUT2D eigenvalue weighted by Crippen LogP contribution is -2.18. The van der Waals surface area contributed by atoms with Crippen molar-refractivity contribution in [3.8, 4) is 0 Å². The number of aromatic nitrogens is 2. The number of hydrogen-bond acceptors (Lipinski definition) is 3. The van der Waals surface area contributed by atoms with Gasteiger partial charge in [0.25, 0.3) is 0 Å². The summed E-state index contributed by atoms with van der Waals surface area (Å²) in [6.45, 7) is 2.00. The Bertz CT molecular complexity index is 517. The van der Waals surface area contributed by atoms with E-state index in [-0.39, 0.29) is 6.04 Å². The number of halogens is 1. The Balaban J connectivity index is 2.41. The van der Waals surface area contributed by atoms with E-state index in [9.17, 15) is 0 Å². The molecular formula is C10H10ClN3S. The number of pyridine rings is 1. The second-order valence-electron chi connectivity index (χ2n) is 3.18. The molecule has 2 rings (SSSR count). The van der Waals surface area contributed by atoms with E-state index < -0.39 is 0 Å². The molecule has 0 aliphatic heterocycles. The number of nitrogens with one attached hydrogen (secondary N) is 1. The predicted molar refractivity (Wildman–Crippen MR) is 61.2 cm³/mol. The van der Waals surface area contributed by atoms with E-state index in [2.05, 4.69) is 4.98 Å². The Hall–Kier alpha value is -1.13. The van der Waals surface area contributed by atoms with Gasteiger partial charge in [-0.15, -0.1) is 11.3 Å². The van der Waals surface area contributed by atoms with Crippen molar-refractivity contribution in [3.63, 3.8) is 0 Å². The summed E-state index contributed by atoms with van der Waals surface area (Å²) >= 11 is 7.23. The first-order valence-electron chi connectivity index (χ1n) is 4.51. The van der Waals surface area contributed by atoms with Gasteiger partial charge in [-0.25, -0.2) is 4.98 Å². The molecule has 0 saturated heterocycles. The van der Waals surface area contributed by atoms with E-state index in [1.165, 1.54) is 11.3 Å². The van der Waals surface area contributed by atoms with Crippen molar-refractivity contribution in [1.82, 2.24) is 9.55 Å². The zero-order chi connectivity index (χ0) is 10.8. The van der Waals surface area contributed by atoms with E-state index in [4.69, 9.17) is 17.0 Å². The van der Waals surface area contributed by atoms with Gasteiger partial charge in [0.1, 0.15) is 5.15 Å². The second-order valence-corrected chi connectivity index (χ2v) is 4.46. The molecule has 1 atom stereocenters. The van der Waals surface area contributed by atoms with Crippen LogP contribution in [0.4, 0.5) is 0 Å². The average Bonchev–Trinajstić information content (AvgIpc) is 2.63. The van der Waals surface area contributed by atoms with Gasteiger partial charge in [0.15, 0.2) is 4.80 Å². The molecule has 0 fully saturated rings. The van der Waals surface area contributed by atoms with E-state index in [1.54, 1.807) is 6.07 Å². The van der Waals surface area contributed by atoms with Gasteiger partial charge in [-0.1, -0.05) is 17.7 Å². The van der Waals surface area contributed by atoms with E-state index in [0.717, 1.165) is 5.69 Å². The first-order chi connectivity index (χ1) is 7.18. The highest BCUT2D eigenvalue weighted by atomic mass is 35.5. The van der Waals surface area contributed by atoms with Gasteiger partial charge in [-0.2, -0.15) is 0 Å². The SMILES string of the molecule is CC(c1cccc(Cl)n1)n1ccsc1=N. The summed E-state index contributed by atoms with van der Waals surface area (Å²) in [4.78, 5) is 4.75. The fourth-order valence-corrected chi connectivity index (χ4v) is 2.23. The van der Waals surface area contributed by atoms with Gasteiger partial charge in [-0.3, -0.25) is 5.41 Å². The summed E-state index contributed by atoms with van der Waals surface area (Å²) in [5.74, 6) is 0. The van der Waals surface area contributed by atoms with Crippen molar-refractivity contribution in [2.75, 3.05) is 0 Å². The Labute approximate surface area is 96.5 Å². The average molecular weight is 240 g/mol. The maximum atomic E-state index is 7.70. The number of thiazole rings is 1. The highest BCUT2D eigenvalue weighted by Crippen LogP contribution is 2.16. The number of nitrogens with zero attached hydrogens (tertiary/aromatic N) is 2. The Morgan fingerprint density at radius 3 is 2.93 bits per heavy atom. The smallest absolute Gasteiger partial charge is 0.182 e. The Kier molecular flexibility index (Phi) is 2.88. The van der Waals surface area contributed by atoms with Gasteiger partial charge in [-0.05, 0) is 19.1 Å². The number of hydrogen-bond donors (Lipinski definition) is 1. The molecule has 0 amide bonds. The van der Waals surface area contributed by atoms with E-state index >= 15 is 0 Å². The van der Waals surface area contributed by atoms with Crippen LogP contribution in [-0.2, 0) is 0 Å². The molecule has 0 bridgehead atoms. The molecule has 3 nitrogen and oxygen atoms in total. The lowest BCUT2D eigenvalue weighted by Gasteiger charge is -2.12. The molecule has 78 valence electrons. The van der Waals surface area contributed by atoms with Crippen LogP contribution < -0.4 is 4.80 Å². The highest BCUT2D eigenvalue weighted by molar-refractivity contribution is 7.06. The van der Waals surface area contributed by atoms with Gasteiger partial charge in [0.05, 0.1) is 11.7 Å². The zero-order valence-electron chi connectivity index (χ0n) is 8.14. The summed E-state index contributed by atoms with van der Waals surface area (Å²) in [5.41, 5.74) is 0.874. The van der Waals surface area contributed by atoms with Crippen LogP contribution in [0.15, 0.2) is 29.8 Å². The third-order valence-electron chi connectivity index (χ3n) is 2.22. The molecule has 5 heteroatoms. The monoisotopic (exact) mass is 239 g/mol. The molecule has 0 aliphatic carbocycles. The van der Waals surface area contributed by atoms with Crippen molar-refractivity contribution in [2.24, 2.45) is 0 Å². The van der Waals surface area contributed by atoms with Gasteiger partial charge >= 0.3 is 0 Å². The largest absolute Gasteiger partial charge is 0.315 e. The number of rotatable bonds is 2. The van der Waals surface area contributed by atoms with Crippen molar-refractivity contribution < 1.29 is 0 Å². The second kappa shape index (κ2) is 4.16. The van der Waals surface area contributed by atoms with Crippen molar-refractivity contribution >= 4 is 22.9 Å². The molecule has 1 unspecified atom stereocenters. The maximum absolute atomic E-state index is 7.70. The molecule has 0 radical (unpaired) electrons. The molecule has 0 aromatic carbocycles. The molecule has 15 heavy (non-hydrogen) atoms. The summed E-state index contributed by atoms with van der Waals surface area (Å²) in [6.07, 6.45) is 1.89. The molecular weight excluding hydrogens is 230 g/mol. The zero-order valence-corrected chi connectivity index (χ0v) is 9.72. The summed E-state index contributed by atoms with van der Waals surface area (Å²) in [6, 6.07) is 5.58. The molecule has 0 saturated carbocycles. The van der Waals surface area contributed by atoms with E-state index in [0.29, 0.717) is 9.95 Å². The first kappa shape index (κ1) is 10.4. The van der Waals surface area contributed by atoms with Crippen LogP contribution in [0.3, 0.4) is 0 Å². The Morgan fingerprint density at radius 2 is 2.33 bits per heavy atom. The first-order valence-corrected chi connectivity index (χ1v) is 5.77. The predicted octanol–water partition coefficient (Wildman–Crippen LogP) is 2.69. The lowest BCUT2D eigenvalue weighted by atomic mass is 10.2. The molecule has 2 aromatic rings. The molecule has 1 N–H and O–H groups in total. The van der Waals surface area contributed by atoms with Crippen LogP contribution in [0.25, 0.3) is 0 Å². The standard InChI is InChI=1S/C10H10ClN3S/c1-7(14-5-6-15-10(14)12)8-3-2-4-9(11)13-8/h2-7,12H,1H3. The quantitative estimate of drug-likeness (QED) is 0.805. The van der Waals surface area contributed by atoms with Crippen molar-refractivity contribution in [2.45, 2.75) is 13.0 Å². The minimum Gasteiger partial charge on any atom is -0.315 e. The van der Waals surface area contributed by atoms with E-state index in [1.807, 2.05) is 35.2 Å². The van der Waals surface area contributed by atoms with Crippen LogP contribution in [0.1, 0.15) is 18.7 Å².